The molecule has 0 radical (unpaired) electrons. The third-order valence-corrected chi connectivity index (χ3v) is 17.7. The quantitative estimate of drug-likeness (QED) is 0.0169. The number of rotatable bonds is 72. The first-order valence-electron chi connectivity index (χ1n) is 39.1. The zero-order valence-corrected chi connectivity index (χ0v) is 65.3. The van der Waals surface area contributed by atoms with Crippen molar-refractivity contribution in [2.75, 3.05) is 39.6 Å². The number of aliphatic hydroxyl groups is 1. The number of hydrogen-bond acceptors (Lipinski definition) is 15. The lowest BCUT2D eigenvalue weighted by Gasteiger charge is -2.21. The number of phosphoric ester groups is 2. The molecule has 0 fully saturated rings. The predicted octanol–water partition coefficient (Wildman–Crippen LogP) is 22.7. The Balaban J connectivity index is 5.48. The van der Waals surface area contributed by atoms with Crippen LogP contribution in [0.3, 0.4) is 0 Å². The first-order chi connectivity index (χ1) is 49.7. The lowest BCUT2D eigenvalue weighted by molar-refractivity contribution is -0.161. The van der Waals surface area contributed by atoms with E-state index in [9.17, 15) is 43.2 Å². The van der Waals surface area contributed by atoms with Gasteiger partial charge in [-0.3, -0.25) is 37.3 Å². The highest BCUT2D eigenvalue weighted by Crippen LogP contribution is 2.45. The van der Waals surface area contributed by atoms with Crippen molar-refractivity contribution in [3.05, 3.63) is 146 Å². The Hall–Kier alpha value is -5.06. The number of allylic oxidation sites excluding steroid dienone is 24. The van der Waals surface area contributed by atoms with Crippen LogP contribution in [0.1, 0.15) is 297 Å². The first-order valence-corrected chi connectivity index (χ1v) is 42.1. The van der Waals surface area contributed by atoms with Crippen LogP contribution in [0.4, 0.5) is 0 Å². The van der Waals surface area contributed by atoms with E-state index in [1.54, 1.807) is 0 Å². The Morgan fingerprint density at radius 3 is 0.902 bits per heavy atom. The van der Waals surface area contributed by atoms with E-state index in [1.165, 1.54) is 77.0 Å². The summed E-state index contributed by atoms with van der Waals surface area (Å²) in [4.78, 5) is 72.9. The molecule has 0 aliphatic rings. The molecule has 0 saturated heterocycles. The van der Waals surface area contributed by atoms with Crippen LogP contribution in [0.25, 0.3) is 0 Å². The number of ether oxygens (including phenoxy) is 4. The van der Waals surface area contributed by atoms with Gasteiger partial charge in [-0.2, -0.15) is 0 Å². The molecule has 0 aromatic carbocycles. The van der Waals surface area contributed by atoms with Gasteiger partial charge in [0, 0.05) is 25.7 Å². The average molecular weight is 1470 g/mol. The monoisotopic (exact) mass is 1470 g/mol. The molecular formula is C83H138O17P2. The van der Waals surface area contributed by atoms with Crippen molar-refractivity contribution in [1.82, 2.24) is 0 Å². The molecule has 5 unspecified atom stereocenters. The van der Waals surface area contributed by atoms with Crippen LogP contribution in [0.5, 0.6) is 0 Å². The maximum Gasteiger partial charge on any atom is 0.472 e. The highest BCUT2D eigenvalue weighted by atomic mass is 31.2. The lowest BCUT2D eigenvalue weighted by atomic mass is 10.0. The smallest absolute Gasteiger partial charge is 0.462 e. The molecule has 0 spiro atoms. The Morgan fingerprint density at radius 1 is 0.284 bits per heavy atom. The standard InChI is InChI=1S/C83H138O17P2/c1-5-9-13-17-21-25-29-33-35-37-38-40-41-45-48-52-56-60-64-68-81(86)94-74-79(100-83(88)70-66-62-58-54-50-46-42-39-36-34-30-26-22-18-14-10-6-2)76-98-102(91,92)96-72-77(84)71-95-101(89,90)97-75-78(99-82(87)69-65-61-57-53-49-44-32-28-24-20-16-12-8-4)73-93-80(85)67-63-59-55-51-47-43-31-27-23-19-15-11-7-3/h9-10,13-14,21-22,25-27,31,33-36,38,40,42,45-46,48,54,56,58,60,77-79,84H,5-8,11-12,15-20,23-24,28-30,32,37,39,41,43-44,47,49-53,55,57,59,61-76H2,1-4H3,(H,89,90)(H,91,92)/b13-9-,14-10-,25-21-,26-22-,31-27-,35-33-,36-34-,40-38-,46-42-,48-45-,58-54-,60-56-. The number of unbranched alkanes of at least 4 members (excludes halogenated alkanes) is 22. The zero-order chi connectivity index (χ0) is 74.6. The number of carbonyl (C=O) groups excluding carboxylic acids is 4. The second kappa shape index (κ2) is 74.2. The molecule has 3 N–H and O–H groups in total. The SMILES string of the molecule is CC/C=C\C/C=C\C/C=C\C/C=C\C/C=C\C/C=C\CCC(=O)OCC(COP(=O)(O)OCC(O)COP(=O)(O)OCC(COC(=O)CCCCCCC/C=C\CCCCCC)OC(=O)CCCCCCCCCCCCCCC)OC(=O)CCC/C=C\C/C=C\C/C=C\C/C=C\C/C=C\CC. The fourth-order valence-corrected chi connectivity index (χ4v) is 11.5. The van der Waals surface area contributed by atoms with E-state index in [2.05, 4.69) is 143 Å². The maximum atomic E-state index is 13.1. The van der Waals surface area contributed by atoms with E-state index >= 15 is 0 Å². The summed E-state index contributed by atoms with van der Waals surface area (Å²) in [5, 5.41) is 10.6. The minimum atomic E-state index is -5.01. The Bertz CT molecular complexity index is 2510. The van der Waals surface area contributed by atoms with Gasteiger partial charge in [0.1, 0.15) is 19.3 Å². The zero-order valence-electron chi connectivity index (χ0n) is 63.5. The molecule has 0 amide bonds. The number of aliphatic hydroxyl groups excluding tert-OH is 1. The van der Waals surface area contributed by atoms with Crippen LogP contribution in [0, 0.1) is 0 Å². The maximum absolute atomic E-state index is 13.1. The number of phosphoric acid groups is 2. The van der Waals surface area contributed by atoms with Crippen LogP contribution in [0.2, 0.25) is 0 Å². The van der Waals surface area contributed by atoms with Crippen LogP contribution in [-0.4, -0.2) is 96.7 Å². The van der Waals surface area contributed by atoms with Gasteiger partial charge in [0.2, 0.25) is 0 Å². The summed E-state index contributed by atoms with van der Waals surface area (Å²) in [5.74, 6) is -2.35. The molecule has 0 saturated carbocycles. The Labute approximate surface area is 617 Å². The molecule has 0 aliphatic carbocycles. The third kappa shape index (κ3) is 73.3. The molecule has 582 valence electrons. The van der Waals surface area contributed by atoms with Crippen molar-refractivity contribution in [2.45, 2.75) is 316 Å². The van der Waals surface area contributed by atoms with Crippen molar-refractivity contribution in [3.8, 4) is 0 Å². The molecule has 0 aromatic heterocycles. The van der Waals surface area contributed by atoms with E-state index in [-0.39, 0.29) is 25.7 Å². The van der Waals surface area contributed by atoms with Crippen molar-refractivity contribution in [1.29, 1.82) is 0 Å². The van der Waals surface area contributed by atoms with Crippen molar-refractivity contribution >= 4 is 39.5 Å². The van der Waals surface area contributed by atoms with E-state index in [0.717, 1.165) is 128 Å². The largest absolute Gasteiger partial charge is 0.472 e. The van der Waals surface area contributed by atoms with E-state index in [4.69, 9.17) is 37.0 Å². The van der Waals surface area contributed by atoms with Gasteiger partial charge in [-0.1, -0.05) is 289 Å². The van der Waals surface area contributed by atoms with E-state index in [1.807, 2.05) is 30.4 Å². The van der Waals surface area contributed by atoms with Gasteiger partial charge in [0.15, 0.2) is 12.2 Å². The highest BCUT2D eigenvalue weighted by molar-refractivity contribution is 7.47. The van der Waals surface area contributed by atoms with Gasteiger partial charge in [-0.05, 0) is 128 Å². The van der Waals surface area contributed by atoms with Gasteiger partial charge >= 0.3 is 39.5 Å². The molecule has 0 heterocycles. The summed E-state index contributed by atoms with van der Waals surface area (Å²) in [7, 11) is -10.00. The second-order valence-corrected chi connectivity index (χ2v) is 28.4. The van der Waals surface area contributed by atoms with Crippen LogP contribution in [-0.2, 0) is 65.4 Å². The van der Waals surface area contributed by atoms with Gasteiger partial charge in [-0.25, -0.2) is 9.13 Å². The average Bonchev–Trinajstić information content (AvgIpc) is 0.923. The van der Waals surface area contributed by atoms with Gasteiger partial charge in [-0.15, -0.1) is 0 Å². The third-order valence-electron chi connectivity index (χ3n) is 15.8. The summed E-state index contributed by atoms with van der Waals surface area (Å²) in [5.41, 5.74) is 0. The molecule has 0 rings (SSSR count). The summed E-state index contributed by atoms with van der Waals surface area (Å²) < 4.78 is 68.4. The minimum absolute atomic E-state index is 0.00360. The Morgan fingerprint density at radius 2 is 0.539 bits per heavy atom. The fourth-order valence-electron chi connectivity index (χ4n) is 9.92. The van der Waals surface area contributed by atoms with E-state index < -0.39 is 97.5 Å². The molecule has 0 bridgehead atoms. The minimum Gasteiger partial charge on any atom is -0.462 e. The predicted molar refractivity (Wildman–Crippen MR) is 417 cm³/mol. The highest BCUT2D eigenvalue weighted by Gasteiger charge is 2.30. The van der Waals surface area contributed by atoms with E-state index in [0.29, 0.717) is 38.5 Å². The molecule has 0 aliphatic heterocycles. The fraction of sp³-hybridized carbons (Fsp3) is 0.663. The summed E-state index contributed by atoms with van der Waals surface area (Å²) >= 11 is 0. The normalized spacial score (nSPS) is 14.7. The Kier molecular flexibility index (Phi) is 70.5. The summed E-state index contributed by atoms with van der Waals surface area (Å²) in [6, 6.07) is 0. The number of hydrogen-bond donors (Lipinski definition) is 3. The van der Waals surface area contributed by atoms with Gasteiger partial charge in [0.25, 0.3) is 0 Å². The van der Waals surface area contributed by atoms with Crippen LogP contribution in [0.15, 0.2) is 146 Å². The van der Waals surface area contributed by atoms with Crippen molar-refractivity contribution in [2.24, 2.45) is 0 Å². The topological polar surface area (TPSA) is 237 Å². The van der Waals surface area contributed by atoms with Gasteiger partial charge < -0.3 is 33.8 Å². The van der Waals surface area contributed by atoms with Gasteiger partial charge in [0.05, 0.1) is 26.4 Å². The first kappa shape index (κ1) is 96.9. The summed E-state index contributed by atoms with van der Waals surface area (Å²) in [6.07, 6.45) is 84.3. The van der Waals surface area contributed by atoms with Crippen LogP contribution >= 0.6 is 15.6 Å². The molecular weight excluding hydrogens is 1330 g/mol. The molecule has 19 heteroatoms. The van der Waals surface area contributed by atoms with Crippen molar-refractivity contribution < 1.29 is 80.2 Å². The lowest BCUT2D eigenvalue weighted by Crippen LogP contribution is -2.30. The summed E-state index contributed by atoms with van der Waals surface area (Å²) in [6.45, 7) is 4.47. The number of carbonyl (C=O) groups is 4. The van der Waals surface area contributed by atoms with Crippen molar-refractivity contribution in [3.63, 3.8) is 0 Å². The molecule has 102 heavy (non-hydrogen) atoms. The second-order valence-electron chi connectivity index (χ2n) is 25.5. The van der Waals surface area contributed by atoms with Crippen LogP contribution < -0.4 is 0 Å². The molecule has 5 atom stereocenters. The molecule has 0 aromatic rings. The molecule has 17 nitrogen and oxygen atoms in total. The number of esters is 4.